The van der Waals surface area contributed by atoms with Crippen molar-refractivity contribution < 1.29 is 22.7 Å². The summed E-state index contributed by atoms with van der Waals surface area (Å²) in [7, 11) is 0. The molecule has 1 aromatic rings. The number of benzene rings is 1. The van der Waals surface area contributed by atoms with E-state index >= 15 is 0 Å². The number of hydrogen-bond acceptors (Lipinski definition) is 2. The lowest BCUT2D eigenvalue weighted by Gasteiger charge is -2.10. The molecule has 0 atom stereocenters. The van der Waals surface area contributed by atoms with E-state index in [-0.39, 0.29) is 10.7 Å². The highest BCUT2D eigenvalue weighted by Gasteiger charge is 2.29. The van der Waals surface area contributed by atoms with E-state index in [1.54, 1.807) is 19.1 Å². The fourth-order valence-electron chi connectivity index (χ4n) is 1.01. The second-order valence-corrected chi connectivity index (χ2v) is 3.71. The van der Waals surface area contributed by atoms with E-state index in [0.717, 1.165) is 5.56 Å². The molecule has 1 amide bonds. The molecule has 7 heteroatoms. The third kappa shape index (κ3) is 4.95. The number of carbonyl (C=O) groups is 1. The molecule has 0 unspecified atom stereocenters. The fourth-order valence-corrected chi connectivity index (χ4v) is 1.30. The average molecular weight is 268 g/mol. The van der Waals surface area contributed by atoms with Gasteiger partial charge < -0.3 is 4.74 Å². The molecule has 0 radical (unpaired) electrons. The summed E-state index contributed by atoms with van der Waals surface area (Å²) in [6, 6.07) is 4.71. The van der Waals surface area contributed by atoms with E-state index in [2.05, 4.69) is 10.1 Å². The van der Waals surface area contributed by atoms with Crippen molar-refractivity contribution in [3.05, 3.63) is 28.8 Å². The Kier molecular flexibility index (Phi) is 4.22. The molecular formula is C10H9ClF3NO2. The maximum Gasteiger partial charge on any atom is 0.422 e. The highest BCUT2D eigenvalue weighted by Crippen LogP contribution is 2.23. The third-order valence-electron chi connectivity index (χ3n) is 1.73. The molecule has 0 saturated carbocycles. The Morgan fingerprint density at radius 1 is 1.47 bits per heavy atom. The van der Waals surface area contributed by atoms with Gasteiger partial charge in [-0.3, -0.25) is 5.32 Å². The summed E-state index contributed by atoms with van der Waals surface area (Å²) in [5, 5.41) is 2.35. The summed E-state index contributed by atoms with van der Waals surface area (Å²) >= 11 is 5.77. The first kappa shape index (κ1) is 13.6. The van der Waals surface area contributed by atoms with Crippen LogP contribution in [0, 0.1) is 6.92 Å². The molecule has 94 valence electrons. The number of ether oxygens (including phenoxy) is 1. The van der Waals surface area contributed by atoms with Crippen molar-refractivity contribution in [2.45, 2.75) is 13.1 Å². The minimum Gasteiger partial charge on any atom is -0.440 e. The molecule has 1 N–H and O–H groups in total. The molecule has 17 heavy (non-hydrogen) atoms. The number of anilines is 1. The van der Waals surface area contributed by atoms with E-state index in [1.165, 1.54) is 6.07 Å². The number of halogens is 4. The summed E-state index contributed by atoms with van der Waals surface area (Å²) in [5.41, 5.74) is 1.06. The summed E-state index contributed by atoms with van der Waals surface area (Å²) in [6.07, 6.45) is -5.75. The SMILES string of the molecule is Cc1ccc(NC(=O)OCC(F)(F)F)c(Cl)c1. The van der Waals surface area contributed by atoms with Gasteiger partial charge in [0, 0.05) is 0 Å². The monoisotopic (exact) mass is 267 g/mol. The number of rotatable bonds is 2. The average Bonchev–Trinajstić information content (AvgIpc) is 2.18. The largest absolute Gasteiger partial charge is 0.440 e. The normalized spacial score (nSPS) is 11.1. The van der Waals surface area contributed by atoms with Gasteiger partial charge in [-0.2, -0.15) is 13.2 Å². The second-order valence-electron chi connectivity index (χ2n) is 3.30. The van der Waals surface area contributed by atoms with Crippen molar-refractivity contribution in [3.8, 4) is 0 Å². The van der Waals surface area contributed by atoms with Crippen molar-refractivity contribution in [2.75, 3.05) is 11.9 Å². The van der Waals surface area contributed by atoms with Gasteiger partial charge in [-0.25, -0.2) is 4.79 Å². The lowest BCUT2D eigenvalue weighted by molar-refractivity contribution is -0.159. The molecule has 3 nitrogen and oxygen atoms in total. The van der Waals surface area contributed by atoms with Gasteiger partial charge in [0.05, 0.1) is 10.7 Å². The third-order valence-corrected chi connectivity index (χ3v) is 2.04. The number of alkyl halides is 3. The smallest absolute Gasteiger partial charge is 0.422 e. The molecule has 0 heterocycles. The first-order chi connectivity index (χ1) is 7.78. The van der Waals surface area contributed by atoms with Gasteiger partial charge in [0.15, 0.2) is 6.61 Å². The predicted molar refractivity (Wildman–Crippen MR) is 57.2 cm³/mol. The number of hydrogen-bond donors (Lipinski definition) is 1. The Bertz CT molecular complexity index is 421. The Morgan fingerprint density at radius 2 is 2.12 bits per heavy atom. The lowest BCUT2D eigenvalue weighted by Crippen LogP contribution is -2.23. The van der Waals surface area contributed by atoms with Crippen LogP contribution in [0.2, 0.25) is 5.02 Å². The van der Waals surface area contributed by atoms with E-state index in [1.807, 2.05) is 0 Å². The number of aryl methyl sites for hydroxylation is 1. The van der Waals surface area contributed by atoms with Crippen LogP contribution in [-0.2, 0) is 4.74 Å². The minimum absolute atomic E-state index is 0.199. The summed E-state index contributed by atoms with van der Waals surface area (Å²) in [6.45, 7) is 0.153. The van der Waals surface area contributed by atoms with Crippen LogP contribution in [0.1, 0.15) is 5.56 Å². The van der Waals surface area contributed by atoms with Gasteiger partial charge in [-0.05, 0) is 24.6 Å². The van der Waals surface area contributed by atoms with Crippen molar-refractivity contribution >= 4 is 23.4 Å². The zero-order valence-corrected chi connectivity index (χ0v) is 9.52. The van der Waals surface area contributed by atoms with Gasteiger partial charge in [0.1, 0.15) is 0 Å². The van der Waals surface area contributed by atoms with E-state index < -0.39 is 18.9 Å². The Balaban J connectivity index is 2.57. The molecule has 0 fully saturated rings. The van der Waals surface area contributed by atoms with E-state index in [9.17, 15) is 18.0 Å². The van der Waals surface area contributed by atoms with Crippen LogP contribution >= 0.6 is 11.6 Å². The molecule has 0 aromatic heterocycles. The molecule has 1 aromatic carbocycles. The quantitative estimate of drug-likeness (QED) is 0.886. The van der Waals surface area contributed by atoms with Crippen LogP contribution in [-0.4, -0.2) is 18.9 Å². The zero-order chi connectivity index (χ0) is 13.1. The van der Waals surface area contributed by atoms with Crippen LogP contribution < -0.4 is 5.32 Å². The topological polar surface area (TPSA) is 38.3 Å². The molecule has 0 spiro atoms. The molecule has 0 saturated heterocycles. The first-order valence-corrected chi connectivity index (χ1v) is 4.92. The predicted octanol–water partition coefficient (Wildman–Crippen LogP) is 3.76. The Hall–Kier alpha value is -1.43. The van der Waals surface area contributed by atoms with Gasteiger partial charge in [-0.15, -0.1) is 0 Å². The Morgan fingerprint density at radius 3 is 2.65 bits per heavy atom. The van der Waals surface area contributed by atoms with Crippen LogP contribution in [0.15, 0.2) is 18.2 Å². The maximum absolute atomic E-state index is 11.8. The fraction of sp³-hybridized carbons (Fsp3) is 0.300. The van der Waals surface area contributed by atoms with Gasteiger partial charge in [-0.1, -0.05) is 17.7 Å². The van der Waals surface area contributed by atoms with Crippen LogP contribution in [0.3, 0.4) is 0 Å². The van der Waals surface area contributed by atoms with E-state index in [0.29, 0.717) is 0 Å². The number of carbonyl (C=O) groups excluding carboxylic acids is 1. The number of nitrogens with one attached hydrogen (secondary N) is 1. The second kappa shape index (κ2) is 5.27. The van der Waals surface area contributed by atoms with E-state index in [4.69, 9.17) is 11.6 Å². The standard InChI is InChI=1S/C10H9ClF3NO2/c1-6-2-3-8(7(11)4-6)15-9(16)17-5-10(12,13)14/h2-4H,5H2,1H3,(H,15,16). The van der Waals surface area contributed by atoms with Gasteiger partial charge >= 0.3 is 12.3 Å². The van der Waals surface area contributed by atoms with Crippen LogP contribution in [0.5, 0.6) is 0 Å². The zero-order valence-electron chi connectivity index (χ0n) is 8.77. The number of amides is 1. The molecule has 0 bridgehead atoms. The van der Waals surface area contributed by atoms with Crippen molar-refractivity contribution in [1.82, 2.24) is 0 Å². The van der Waals surface area contributed by atoms with Gasteiger partial charge in [0.2, 0.25) is 0 Å². The highest BCUT2D eigenvalue weighted by atomic mass is 35.5. The van der Waals surface area contributed by atoms with Gasteiger partial charge in [0.25, 0.3) is 0 Å². The summed E-state index contributed by atoms with van der Waals surface area (Å²) < 4.78 is 39.2. The molecular weight excluding hydrogens is 259 g/mol. The molecule has 0 aliphatic rings. The highest BCUT2D eigenvalue weighted by molar-refractivity contribution is 6.33. The first-order valence-electron chi connectivity index (χ1n) is 4.54. The lowest BCUT2D eigenvalue weighted by atomic mass is 10.2. The minimum atomic E-state index is -4.55. The summed E-state index contributed by atoms with van der Waals surface area (Å²) in [5.74, 6) is 0. The summed E-state index contributed by atoms with van der Waals surface area (Å²) in [4.78, 5) is 11.0. The molecule has 1 rings (SSSR count). The molecule has 0 aliphatic carbocycles. The maximum atomic E-state index is 11.8. The van der Waals surface area contributed by atoms with Crippen LogP contribution in [0.4, 0.5) is 23.7 Å². The molecule has 0 aliphatic heterocycles. The van der Waals surface area contributed by atoms with Crippen molar-refractivity contribution in [1.29, 1.82) is 0 Å². The Labute approximate surface area is 101 Å². The van der Waals surface area contributed by atoms with Crippen molar-refractivity contribution in [2.24, 2.45) is 0 Å². The van der Waals surface area contributed by atoms with Crippen molar-refractivity contribution in [3.63, 3.8) is 0 Å². The van der Waals surface area contributed by atoms with Crippen LogP contribution in [0.25, 0.3) is 0 Å².